The molecule has 0 heteroatoms. The summed E-state index contributed by atoms with van der Waals surface area (Å²) in [5.41, 5.74) is 31.5. The summed E-state index contributed by atoms with van der Waals surface area (Å²) in [7, 11) is 0. The Labute approximate surface area is 504 Å². The molecular weight excluding hydrogens is 1020 g/mol. The van der Waals surface area contributed by atoms with Crippen LogP contribution in [-0.4, -0.2) is 0 Å². The largest absolute Gasteiger partial charge is 0.0622 e. The molecule has 0 N–H and O–H groups in total. The van der Waals surface area contributed by atoms with Gasteiger partial charge in [0.25, 0.3) is 0 Å². The summed E-state index contributed by atoms with van der Waals surface area (Å²) in [4.78, 5) is 0. The van der Waals surface area contributed by atoms with Crippen LogP contribution in [0, 0.1) is 90.0 Å². The highest BCUT2D eigenvalue weighted by molar-refractivity contribution is 6.23. The van der Waals surface area contributed by atoms with Crippen molar-refractivity contribution in [3.05, 3.63) is 297 Å². The molecule has 85 heavy (non-hydrogen) atoms. The minimum Gasteiger partial charge on any atom is -0.0622 e. The summed E-state index contributed by atoms with van der Waals surface area (Å²) in [5.74, 6) is 0. The quantitative estimate of drug-likeness (QED) is 0.151. The Morgan fingerprint density at radius 2 is 0.412 bits per heavy atom. The van der Waals surface area contributed by atoms with E-state index in [1.54, 1.807) is 0 Å². The predicted octanol–water partition coefficient (Wildman–Crippen LogP) is 24.3. The van der Waals surface area contributed by atoms with Crippen LogP contribution in [0.4, 0.5) is 0 Å². The van der Waals surface area contributed by atoms with Gasteiger partial charge < -0.3 is 0 Å². The molecule has 0 saturated carbocycles. The molecule has 14 rings (SSSR count). The number of hydrogen-bond donors (Lipinski definition) is 0. The zero-order chi connectivity index (χ0) is 59.4. The van der Waals surface area contributed by atoms with Gasteiger partial charge in [0.05, 0.1) is 0 Å². The predicted molar refractivity (Wildman–Crippen MR) is 373 cm³/mol. The van der Waals surface area contributed by atoms with Crippen LogP contribution in [-0.2, 0) is 0 Å². The normalized spacial score (nSPS) is 11.4. The van der Waals surface area contributed by atoms with Gasteiger partial charge >= 0.3 is 0 Å². The van der Waals surface area contributed by atoms with E-state index in [1.807, 2.05) is 0 Å². The number of benzene rings is 14. The van der Waals surface area contributed by atoms with Crippen molar-refractivity contribution in [2.45, 2.75) is 90.0 Å². The minimum absolute atomic E-state index is 1.27. The Hall–Kier alpha value is -9.36. The van der Waals surface area contributed by atoms with Crippen molar-refractivity contribution in [2.24, 2.45) is 0 Å². The van der Waals surface area contributed by atoms with Crippen LogP contribution >= 0.6 is 0 Å². The highest BCUT2D eigenvalue weighted by atomic mass is 14.3. The summed E-state index contributed by atoms with van der Waals surface area (Å²) in [5, 5.41) is 15.8. The van der Waals surface area contributed by atoms with E-state index >= 15 is 0 Å². The molecule has 0 radical (unpaired) electrons. The van der Waals surface area contributed by atoms with Gasteiger partial charge in [-0.25, -0.2) is 0 Å². The summed E-state index contributed by atoms with van der Waals surface area (Å²) in [6.45, 7) is 29.3. The van der Waals surface area contributed by atoms with Gasteiger partial charge in [0.15, 0.2) is 0 Å². The Balaban J connectivity index is 0.000000126. The van der Waals surface area contributed by atoms with E-state index in [0.717, 1.165) is 0 Å². The summed E-state index contributed by atoms with van der Waals surface area (Å²) < 4.78 is 0. The highest BCUT2D eigenvalue weighted by Gasteiger charge is 2.23. The maximum atomic E-state index is 2.36. The first kappa shape index (κ1) is 56.1. The molecule has 0 heterocycles. The lowest BCUT2D eigenvalue weighted by atomic mass is 9.80. The van der Waals surface area contributed by atoms with Crippen LogP contribution in [0.2, 0.25) is 0 Å². The maximum absolute atomic E-state index is 2.36. The van der Waals surface area contributed by atoms with E-state index in [1.165, 1.54) is 193 Å². The third kappa shape index (κ3) is 9.78. The fourth-order valence-electron chi connectivity index (χ4n) is 13.9. The average Bonchev–Trinajstić information content (AvgIpc) is 3.06. The molecule has 0 aromatic heterocycles. The lowest BCUT2D eigenvalue weighted by molar-refractivity contribution is 1.18. The van der Waals surface area contributed by atoms with Crippen molar-refractivity contribution in [3.8, 4) is 55.6 Å². The monoisotopic (exact) mass is 1100 g/mol. The molecule has 14 aromatic carbocycles. The van der Waals surface area contributed by atoms with Crippen LogP contribution in [0.3, 0.4) is 0 Å². The van der Waals surface area contributed by atoms with E-state index < -0.39 is 0 Å². The molecule has 0 atom stereocenters. The van der Waals surface area contributed by atoms with Crippen LogP contribution in [0.5, 0.6) is 0 Å². The standard InChI is InChI=1S/C31H28.C29H24.C25H24/c1-19-20(2)22(4)29(23(5)21(19)3)31-27-17-11-9-15-25(27)30(24-13-7-6-8-14-24)26-16-10-12-18-28(26)31;1-19-17-21(3)27(18-20(19)2)29-25-15-9-7-13-23(25)28(22-11-5-4-6-12-22)24-14-8-10-16-26(24)29;1-15-16(2)18(4)24(19(5)17(15)3)25-22-12-8-6-10-20(22)14-21-11-7-9-13-23(21)25/h6-18H,1-5H3;4-18H,1-3H3;6-14H,1-5H3. The Morgan fingerprint density at radius 1 is 0.165 bits per heavy atom. The van der Waals surface area contributed by atoms with Crippen molar-refractivity contribution in [1.29, 1.82) is 0 Å². The average molecular weight is 1100 g/mol. The molecular formula is C85H76. The van der Waals surface area contributed by atoms with Crippen molar-refractivity contribution < 1.29 is 0 Å². The van der Waals surface area contributed by atoms with E-state index in [4.69, 9.17) is 0 Å². The van der Waals surface area contributed by atoms with Crippen LogP contribution in [0.25, 0.3) is 120 Å². The first-order valence-electron chi connectivity index (χ1n) is 30.3. The Morgan fingerprint density at radius 3 is 0.753 bits per heavy atom. The zero-order valence-electron chi connectivity index (χ0n) is 51.9. The van der Waals surface area contributed by atoms with Gasteiger partial charge in [0, 0.05) is 0 Å². The molecule has 14 aromatic rings. The molecule has 0 spiro atoms. The Kier molecular flexibility index (Phi) is 15.2. The van der Waals surface area contributed by atoms with E-state index in [0.29, 0.717) is 0 Å². The van der Waals surface area contributed by atoms with Crippen LogP contribution < -0.4 is 0 Å². The Bertz CT molecular complexity index is 4710. The van der Waals surface area contributed by atoms with Crippen LogP contribution in [0.1, 0.15) is 72.3 Å². The number of rotatable bonds is 5. The number of hydrogen-bond acceptors (Lipinski definition) is 0. The molecule has 0 fully saturated rings. The first-order chi connectivity index (χ1) is 41.2. The topological polar surface area (TPSA) is 0 Å². The second-order valence-corrected chi connectivity index (χ2v) is 23.9. The summed E-state index contributed by atoms with van der Waals surface area (Å²) in [6.07, 6.45) is 0. The summed E-state index contributed by atoms with van der Waals surface area (Å²) in [6, 6.07) is 81.7. The van der Waals surface area contributed by atoms with Gasteiger partial charge in [-0.2, -0.15) is 0 Å². The van der Waals surface area contributed by atoms with Crippen molar-refractivity contribution in [3.63, 3.8) is 0 Å². The SMILES string of the molecule is Cc1c(C)c(C)c(-c2c3ccccc3c(-c3ccccc3)c3ccccc23)c(C)c1C.Cc1c(C)c(C)c(-c2c3ccccc3cc3ccccc23)c(C)c1C.Cc1cc(C)c(-c2c3ccccc3c(-c3ccccc3)c3ccccc23)cc1C. The molecule has 0 saturated heterocycles. The molecule has 0 aliphatic carbocycles. The second-order valence-electron chi connectivity index (χ2n) is 23.9. The molecule has 0 nitrogen and oxygen atoms in total. The molecule has 0 aliphatic rings. The molecule has 0 unspecified atom stereocenters. The lowest BCUT2D eigenvalue weighted by Crippen LogP contribution is -2.01. The van der Waals surface area contributed by atoms with Gasteiger partial charge in [-0.15, -0.1) is 0 Å². The lowest BCUT2D eigenvalue weighted by Gasteiger charge is -2.23. The van der Waals surface area contributed by atoms with Gasteiger partial charge in [-0.1, -0.05) is 218 Å². The van der Waals surface area contributed by atoms with Gasteiger partial charge in [-0.05, 0) is 289 Å². The van der Waals surface area contributed by atoms with E-state index in [9.17, 15) is 0 Å². The summed E-state index contributed by atoms with van der Waals surface area (Å²) >= 11 is 0. The smallest absolute Gasteiger partial charge is 0.00208 e. The van der Waals surface area contributed by atoms with Gasteiger partial charge in [0.2, 0.25) is 0 Å². The molecule has 416 valence electrons. The molecule has 0 bridgehead atoms. The zero-order valence-corrected chi connectivity index (χ0v) is 51.9. The maximum Gasteiger partial charge on any atom is -0.00208 e. The van der Waals surface area contributed by atoms with Crippen molar-refractivity contribution in [1.82, 2.24) is 0 Å². The fraction of sp³-hybridized carbons (Fsp3) is 0.153. The van der Waals surface area contributed by atoms with E-state index in [-0.39, 0.29) is 0 Å². The van der Waals surface area contributed by atoms with Gasteiger partial charge in [-0.3, -0.25) is 0 Å². The third-order valence-corrected chi connectivity index (χ3v) is 19.4. The van der Waals surface area contributed by atoms with E-state index in [2.05, 4.69) is 314 Å². The number of fused-ring (bicyclic) bond motifs is 6. The third-order valence-electron chi connectivity index (χ3n) is 19.4. The number of aryl methyl sites for hydroxylation is 3. The molecule has 0 amide bonds. The van der Waals surface area contributed by atoms with Crippen LogP contribution in [0.15, 0.2) is 224 Å². The second kappa shape index (κ2) is 23.0. The van der Waals surface area contributed by atoms with Crippen molar-refractivity contribution >= 4 is 64.6 Å². The highest BCUT2D eigenvalue weighted by Crippen LogP contribution is 2.48. The van der Waals surface area contributed by atoms with Gasteiger partial charge in [0.1, 0.15) is 0 Å². The minimum atomic E-state index is 1.27. The van der Waals surface area contributed by atoms with Crippen molar-refractivity contribution in [2.75, 3.05) is 0 Å². The fourth-order valence-corrected chi connectivity index (χ4v) is 13.9. The first-order valence-corrected chi connectivity index (χ1v) is 30.3. The molecule has 0 aliphatic heterocycles.